The van der Waals surface area contributed by atoms with Crippen molar-refractivity contribution in [3.63, 3.8) is 0 Å². The predicted molar refractivity (Wildman–Crippen MR) is 116 cm³/mol. The van der Waals surface area contributed by atoms with Crippen LogP contribution in [0.15, 0.2) is 12.1 Å². The van der Waals surface area contributed by atoms with Crippen LogP contribution in [0.5, 0.6) is 0 Å². The van der Waals surface area contributed by atoms with E-state index in [1.165, 1.54) is 31.2 Å². The Bertz CT molecular complexity index is 897. The summed E-state index contributed by atoms with van der Waals surface area (Å²) in [5.74, 6) is -0.371. The van der Waals surface area contributed by atoms with Crippen LogP contribution in [0.3, 0.4) is 0 Å². The number of halogens is 1. The fourth-order valence-corrected chi connectivity index (χ4v) is 5.47. The Morgan fingerprint density at radius 1 is 1.17 bits per heavy atom. The summed E-state index contributed by atoms with van der Waals surface area (Å²) in [5, 5.41) is 1.60. The van der Waals surface area contributed by atoms with Gasteiger partial charge in [0, 0.05) is 37.3 Å². The van der Waals surface area contributed by atoms with Gasteiger partial charge in [0.05, 0.1) is 35.4 Å². The summed E-state index contributed by atoms with van der Waals surface area (Å²) < 4.78 is 13.2. The zero-order valence-corrected chi connectivity index (χ0v) is 18.4. The molecular weight excluding hydrogens is 388 g/mol. The Labute approximate surface area is 177 Å². The third kappa shape index (κ3) is 4.05. The molecule has 1 aromatic heterocycles. The van der Waals surface area contributed by atoms with E-state index in [0.717, 1.165) is 56.3 Å². The number of nitrogens with zero attached hydrogens (tertiary/aromatic N) is 2. The van der Waals surface area contributed by atoms with E-state index < -0.39 is 0 Å². The molecule has 1 fully saturated rings. The molecule has 0 saturated carbocycles. The molecule has 0 radical (unpaired) electrons. The van der Waals surface area contributed by atoms with E-state index in [-0.39, 0.29) is 5.97 Å². The molecule has 2 atom stereocenters. The Morgan fingerprint density at radius 3 is 2.62 bits per heavy atom. The van der Waals surface area contributed by atoms with Gasteiger partial charge in [-0.3, -0.25) is 4.90 Å². The lowest BCUT2D eigenvalue weighted by Gasteiger charge is -2.35. The minimum Gasteiger partial charge on any atom is -0.465 e. The van der Waals surface area contributed by atoms with Crippen LogP contribution in [0.2, 0.25) is 5.02 Å². The normalized spacial score (nSPS) is 22.6. The molecule has 4 rings (SSSR count). The molecule has 1 aromatic carbocycles. The van der Waals surface area contributed by atoms with E-state index >= 15 is 0 Å². The molecule has 5 nitrogen and oxygen atoms in total. The molecule has 2 heterocycles. The monoisotopic (exact) mass is 418 g/mol. The number of aryl methyl sites for hydroxylation is 2. The summed E-state index contributed by atoms with van der Waals surface area (Å²) in [4.78, 5) is 14.6. The van der Waals surface area contributed by atoms with Crippen molar-refractivity contribution < 1.29 is 14.3 Å². The van der Waals surface area contributed by atoms with Crippen molar-refractivity contribution in [3.05, 3.63) is 34.0 Å². The molecule has 0 amide bonds. The zero-order chi connectivity index (χ0) is 20.5. The Morgan fingerprint density at radius 2 is 1.90 bits per heavy atom. The van der Waals surface area contributed by atoms with Gasteiger partial charge in [-0.2, -0.15) is 0 Å². The van der Waals surface area contributed by atoms with Crippen LogP contribution in [0.4, 0.5) is 0 Å². The molecule has 29 heavy (non-hydrogen) atoms. The number of carbonyl (C=O) groups excluding carboxylic acids is 1. The Hall–Kier alpha value is -1.56. The first-order valence-electron chi connectivity index (χ1n) is 10.8. The number of aromatic nitrogens is 1. The van der Waals surface area contributed by atoms with Crippen LogP contribution >= 0.6 is 11.6 Å². The second kappa shape index (κ2) is 8.66. The third-order valence-corrected chi connectivity index (χ3v) is 6.63. The van der Waals surface area contributed by atoms with Gasteiger partial charge in [0.25, 0.3) is 0 Å². The number of methoxy groups -OCH3 is 1. The zero-order valence-electron chi connectivity index (χ0n) is 17.7. The summed E-state index contributed by atoms with van der Waals surface area (Å²) >= 11 is 6.72. The minimum atomic E-state index is -0.371. The molecule has 2 aromatic rings. The van der Waals surface area contributed by atoms with Crippen LogP contribution in [0.25, 0.3) is 10.9 Å². The van der Waals surface area contributed by atoms with E-state index in [0.29, 0.717) is 22.8 Å². The van der Waals surface area contributed by atoms with Gasteiger partial charge in [-0.05, 0) is 63.6 Å². The maximum atomic E-state index is 12.1. The van der Waals surface area contributed by atoms with Crippen LogP contribution in [0.1, 0.15) is 54.7 Å². The molecule has 1 saturated heterocycles. The molecule has 1 aliphatic heterocycles. The highest BCUT2D eigenvalue weighted by Crippen LogP contribution is 2.38. The number of esters is 1. The van der Waals surface area contributed by atoms with Gasteiger partial charge >= 0.3 is 5.97 Å². The van der Waals surface area contributed by atoms with Crippen LogP contribution in [-0.2, 0) is 28.9 Å². The molecule has 1 aliphatic carbocycles. The van der Waals surface area contributed by atoms with Gasteiger partial charge in [-0.15, -0.1) is 0 Å². The number of morpholine rings is 1. The average molecular weight is 419 g/mol. The molecular formula is C23H31ClN2O3. The van der Waals surface area contributed by atoms with Crippen molar-refractivity contribution in [3.8, 4) is 0 Å². The van der Waals surface area contributed by atoms with E-state index in [9.17, 15) is 4.79 Å². The average Bonchev–Trinajstić information content (AvgIpc) is 3.02. The first-order valence-corrected chi connectivity index (χ1v) is 11.2. The van der Waals surface area contributed by atoms with Crippen molar-refractivity contribution in [2.75, 3.05) is 26.7 Å². The largest absolute Gasteiger partial charge is 0.465 e. The Balaban J connectivity index is 1.60. The number of carbonyl (C=O) groups is 1. The lowest BCUT2D eigenvalue weighted by molar-refractivity contribution is -0.0682. The third-order valence-electron chi connectivity index (χ3n) is 6.23. The van der Waals surface area contributed by atoms with Crippen LogP contribution in [0, 0.1) is 0 Å². The van der Waals surface area contributed by atoms with E-state index in [1.54, 1.807) is 0 Å². The standard InChI is InChI=1S/C23H31ClN2O3/c1-15-13-25(14-16(2)29-15)11-6-12-26-19-8-5-4-7-17(19)21-20(26)10-9-18(22(21)24)23(27)28-3/h9-10,15-16H,4-8,11-14H2,1-3H3. The molecule has 6 heteroatoms. The Kier molecular flexibility index (Phi) is 6.19. The second-order valence-corrected chi connectivity index (χ2v) is 8.85. The van der Waals surface area contributed by atoms with Crippen LogP contribution in [-0.4, -0.2) is 54.4 Å². The highest BCUT2D eigenvalue weighted by molar-refractivity contribution is 6.38. The van der Waals surface area contributed by atoms with Gasteiger partial charge in [0.2, 0.25) is 0 Å². The van der Waals surface area contributed by atoms with E-state index in [1.807, 2.05) is 12.1 Å². The number of rotatable bonds is 5. The van der Waals surface area contributed by atoms with Crippen molar-refractivity contribution >= 4 is 28.5 Å². The number of fused-ring (bicyclic) bond motifs is 3. The van der Waals surface area contributed by atoms with Crippen molar-refractivity contribution in [1.82, 2.24) is 9.47 Å². The topological polar surface area (TPSA) is 43.7 Å². The van der Waals surface area contributed by atoms with Gasteiger partial charge in [-0.25, -0.2) is 4.79 Å². The first-order chi connectivity index (χ1) is 14.0. The smallest absolute Gasteiger partial charge is 0.339 e. The van der Waals surface area contributed by atoms with Crippen molar-refractivity contribution in [1.29, 1.82) is 0 Å². The molecule has 0 bridgehead atoms. The summed E-state index contributed by atoms with van der Waals surface area (Å²) in [5.41, 5.74) is 4.34. The summed E-state index contributed by atoms with van der Waals surface area (Å²) in [6, 6.07) is 3.86. The molecule has 0 N–H and O–H groups in total. The number of ether oxygens (including phenoxy) is 2. The maximum absolute atomic E-state index is 12.1. The lowest BCUT2D eigenvalue weighted by Crippen LogP contribution is -2.45. The first kappa shape index (κ1) is 20.7. The fraction of sp³-hybridized carbons (Fsp3) is 0.609. The highest BCUT2D eigenvalue weighted by atomic mass is 35.5. The molecule has 158 valence electrons. The van der Waals surface area contributed by atoms with Gasteiger partial charge in [-0.1, -0.05) is 11.6 Å². The number of hydrogen-bond acceptors (Lipinski definition) is 4. The number of hydrogen-bond donors (Lipinski definition) is 0. The summed E-state index contributed by atoms with van der Waals surface area (Å²) in [6.07, 6.45) is 6.19. The van der Waals surface area contributed by atoms with E-state index in [4.69, 9.17) is 21.1 Å². The van der Waals surface area contributed by atoms with Gasteiger partial charge in [0.15, 0.2) is 0 Å². The van der Waals surface area contributed by atoms with Crippen LogP contribution < -0.4 is 0 Å². The van der Waals surface area contributed by atoms with Gasteiger partial charge in [0.1, 0.15) is 0 Å². The van der Waals surface area contributed by atoms with E-state index in [2.05, 4.69) is 23.3 Å². The molecule has 2 unspecified atom stereocenters. The second-order valence-electron chi connectivity index (χ2n) is 8.47. The molecule has 2 aliphatic rings. The van der Waals surface area contributed by atoms with Crippen molar-refractivity contribution in [2.24, 2.45) is 0 Å². The minimum absolute atomic E-state index is 0.300. The highest BCUT2D eigenvalue weighted by Gasteiger charge is 2.25. The summed E-state index contributed by atoms with van der Waals surface area (Å²) in [7, 11) is 1.40. The lowest BCUT2D eigenvalue weighted by atomic mass is 9.95. The predicted octanol–water partition coefficient (Wildman–Crippen LogP) is 4.46. The fourth-order valence-electron chi connectivity index (χ4n) is 5.12. The summed E-state index contributed by atoms with van der Waals surface area (Å²) in [6.45, 7) is 8.35. The van der Waals surface area contributed by atoms with Gasteiger partial charge < -0.3 is 14.0 Å². The molecule has 0 spiro atoms. The van der Waals surface area contributed by atoms with Crippen molar-refractivity contribution in [2.45, 2.75) is 64.7 Å². The maximum Gasteiger partial charge on any atom is 0.339 e. The quantitative estimate of drug-likeness (QED) is 0.672. The SMILES string of the molecule is COC(=O)c1ccc2c(c1Cl)c1c(n2CCCN2CC(C)OC(C)C2)CCCC1. The number of benzene rings is 1.